The van der Waals surface area contributed by atoms with E-state index in [1.807, 2.05) is 26.0 Å². The fourth-order valence-corrected chi connectivity index (χ4v) is 4.07. The van der Waals surface area contributed by atoms with Crippen LogP contribution in [0.15, 0.2) is 23.0 Å². The third-order valence-corrected chi connectivity index (χ3v) is 5.58. The smallest absolute Gasteiger partial charge is 0.341 e. The van der Waals surface area contributed by atoms with E-state index in [1.54, 1.807) is 4.57 Å². The lowest BCUT2D eigenvalue weighted by Gasteiger charge is -2.30. The minimum Gasteiger partial charge on any atom is -0.487 e. The quantitative estimate of drug-likeness (QED) is 0.870. The van der Waals surface area contributed by atoms with Gasteiger partial charge in [-0.1, -0.05) is 6.07 Å². The van der Waals surface area contributed by atoms with E-state index in [9.17, 15) is 14.7 Å². The molecule has 26 heavy (non-hydrogen) atoms. The van der Waals surface area contributed by atoms with Crippen LogP contribution in [-0.2, 0) is 0 Å². The molecule has 2 aromatic rings. The van der Waals surface area contributed by atoms with Crippen molar-refractivity contribution in [2.45, 2.75) is 32.4 Å². The first-order valence-corrected chi connectivity index (χ1v) is 8.97. The van der Waals surface area contributed by atoms with Crippen molar-refractivity contribution in [1.82, 2.24) is 4.57 Å². The molecule has 3 atom stereocenters. The second-order valence-corrected chi connectivity index (χ2v) is 7.40. The van der Waals surface area contributed by atoms with Crippen LogP contribution in [-0.4, -0.2) is 41.4 Å². The molecule has 3 N–H and O–H groups in total. The highest BCUT2D eigenvalue weighted by Crippen LogP contribution is 2.41. The van der Waals surface area contributed by atoms with Crippen LogP contribution in [0.5, 0.6) is 5.75 Å². The molecule has 3 heterocycles. The van der Waals surface area contributed by atoms with Crippen molar-refractivity contribution < 1.29 is 14.6 Å². The molecule has 0 radical (unpaired) electrons. The van der Waals surface area contributed by atoms with Gasteiger partial charge in [0.25, 0.3) is 5.56 Å². The second kappa shape index (κ2) is 6.02. The van der Waals surface area contributed by atoms with Gasteiger partial charge >= 0.3 is 5.97 Å². The molecule has 0 amide bonds. The fourth-order valence-electron chi connectivity index (χ4n) is 4.07. The number of aromatic carboxylic acids is 1. The summed E-state index contributed by atoms with van der Waals surface area (Å²) in [7, 11) is 0. The molecule has 0 bridgehead atoms. The van der Waals surface area contributed by atoms with E-state index in [4.69, 9.17) is 10.5 Å². The van der Waals surface area contributed by atoms with Crippen LogP contribution in [0, 0.1) is 5.92 Å². The first kappa shape index (κ1) is 16.9. The number of ether oxygens (including phenoxy) is 1. The Morgan fingerprint density at radius 1 is 1.42 bits per heavy atom. The Labute approximate surface area is 151 Å². The maximum Gasteiger partial charge on any atom is 0.341 e. The van der Waals surface area contributed by atoms with Gasteiger partial charge in [0.1, 0.15) is 12.2 Å². The lowest BCUT2D eigenvalue weighted by Crippen LogP contribution is -2.35. The molecule has 1 aromatic heterocycles. The summed E-state index contributed by atoms with van der Waals surface area (Å²) in [5.41, 5.74) is 7.00. The summed E-state index contributed by atoms with van der Waals surface area (Å²) >= 11 is 0. The predicted octanol–water partition coefficient (Wildman–Crippen LogP) is 1.83. The first-order chi connectivity index (χ1) is 12.4. The summed E-state index contributed by atoms with van der Waals surface area (Å²) in [6.45, 7) is 5.98. The van der Waals surface area contributed by atoms with Crippen molar-refractivity contribution in [3.05, 3.63) is 34.1 Å². The molecule has 7 heteroatoms. The molecule has 0 unspecified atom stereocenters. The van der Waals surface area contributed by atoms with E-state index >= 15 is 0 Å². The van der Waals surface area contributed by atoms with Gasteiger partial charge in [-0.25, -0.2) is 4.79 Å². The van der Waals surface area contributed by atoms with Gasteiger partial charge in [-0.2, -0.15) is 0 Å². The number of hydrogen-bond acceptors (Lipinski definition) is 5. The number of nitrogens with two attached hydrogens (primary N) is 1. The SMILES string of the molecule is C[C@H](N)[C@@H]1CCN(c2ccc3cc(C(=O)O)c(=O)n4c3c2OC[C@@H]4C)C1. The maximum atomic E-state index is 12.7. The largest absolute Gasteiger partial charge is 0.487 e. The molecule has 1 saturated heterocycles. The summed E-state index contributed by atoms with van der Waals surface area (Å²) < 4.78 is 7.59. The third kappa shape index (κ3) is 2.46. The average Bonchev–Trinajstić information content (AvgIpc) is 3.08. The van der Waals surface area contributed by atoms with Crippen molar-refractivity contribution in [1.29, 1.82) is 0 Å². The van der Waals surface area contributed by atoms with Gasteiger partial charge in [-0.05, 0) is 38.3 Å². The molecule has 0 saturated carbocycles. The van der Waals surface area contributed by atoms with Gasteiger partial charge in [0, 0.05) is 24.5 Å². The molecule has 1 fully saturated rings. The molecule has 2 aliphatic heterocycles. The van der Waals surface area contributed by atoms with Gasteiger partial charge in [-0.3, -0.25) is 9.36 Å². The Kier molecular flexibility index (Phi) is 3.91. The Morgan fingerprint density at radius 3 is 2.85 bits per heavy atom. The van der Waals surface area contributed by atoms with Gasteiger partial charge in [-0.15, -0.1) is 0 Å². The summed E-state index contributed by atoms with van der Waals surface area (Å²) in [6.07, 6.45) is 1.02. The van der Waals surface area contributed by atoms with Crippen LogP contribution in [0.3, 0.4) is 0 Å². The van der Waals surface area contributed by atoms with Gasteiger partial charge in [0.05, 0.1) is 17.2 Å². The zero-order valence-electron chi connectivity index (χ0n) is 14.9. The van der Waals surface area contributed by atoms with E-state index < -0.39 is 11.5 Å². The second-order valence-electron chi connectivity index (χ2n) is 7.40. The molecular weight excluding hydrogens is 334 g/mol. The van der Waals surface area contributed by atoms with Crippen LogP contribution < -0.4 is 20.9 Å². The van der Waals surface area contributed by atoms with Crippen LogP contribution in [0.1, 0.15) is 36.7 Å². The number of benzene rings is 1. The molecule has 1 aromatic carbocycles. The highest BCUT2D eigenvalue weighted by Gasteiger charge is 2.31. The van der Waals surface area contributed by atoms with Gasteiger partial charge < -0.3 is 20.5 Å². The highest BCUT2D eigenvalue weighted by atomic mass is 16.5. The van der Waals surface area contributed by atoms with Crippen molar-refractivity contribution in [3.63, 3.8) is 0 Å². The minimum absolute atomic E-state index is 0.133. The number of carboxylic acids is 1. The molecule has 0 aliphatic carbocycles. The standard InChI is InChI=1S/C19H23N3O4/c1-10-9-26-17-15(21-6-5-13(8-21)11(2)20)4-3-12-7-14(19(24)25)18(23)22(10)16(12)17/h3-4,7,10-11,13H,5-6,8-9,20H2,1-2H3,(H,24,25)/t10-,11-,13+/m0/s1. The zero-order valence-corrected chi connectivity index (χ0v) is 14.9. The monoisotopic (exact) mass is 357 g/mol. The van der Waals surface area contributed by atoms with E-state index in [1.165, 1.54) is 6.07 Å². The van der Waals surface area contributed by atoms with Crippen LogP contribution in [0.4, 0.5) is 5.69 Å². The molecule has 7 nitrogen and oxygen atoms in total. The van der Waals surface area contributed by atoms with E-state index in [2.05, 4.69) is 4.90 Å². The minimum atomic E-state index is -1.20. The fraction of sp³-hybridized carbons (Fsp3) is 0.474. The molecular formula is C19H23N3O4. The topological polar surface area (TPSA) is 97.8 Å². The average molecular weight is 357 g/mol. The van der Waals surface area contributed by atoms with Crippen LogP contribution in [0.2, 0.25) is 0 Å². The van der Waals surface area contributed by atoms with Gasteiger partial charge in [0.2, 0.25) is 0 Å². The summed E-state index contributed by atoms with van der Waals surface area (Å²) in [5, 5.41) is 10.1. The lowest BCUT2D eigenvalue weighted by molar-refractivity contribution is 0.0694. The van der Waals surface area contributed by atoms with Gasteiger partial charge in [0.15, 0.2) is 5.75 Å². The molecule has 0 spiro atoms. The number of aromatic nitrogens is 1. The Morgan fingerprint density at radius 2 is 2.19 bits per heavy atom. The normalized spacial score (nSPS) is 23.1. The lowest BCUT2D eigenvalue weighted by atomic mass is 10.0. The summed E-state index contributed by atoms with van der Waals surface area (Å²) in [5.74, 6) is -0.110. The van der Waals surface area contributed by atoms with Crippen molar-refractivity contribution in [2.24, 2.45) is 11.7 Å². The number of pyridine rings is 1. The molecule has 4 rings (SSSR count). The number of carbonyl (C=O) groups is 1. The number of rotatable bonds is 3. The van der Waals surface area contributed by atoms with Crippen molar-refractivity contribution >= 4 is 22.6 Å². The van der Waals surface area contributed by atoms with Crippen LogP contribution >= 0.6 is 0 Å². The first-order valence-electron chi connectivity index (χ1n) is 8.97. The van der Waals surface area contributed by atoms with Crippen molar-refractivity contribution in [2.75, 3.05) is 24.6 Å². The molecule has 138 valence electrons. The number of anilines is 1. The highest BCUT2D eigenvalue weighted by molar-refractivity contribution is 5.97. The number of nitrogens with zero attached hydrogens (tertiary/aromatic N) is 2. The Balaban J connectivity index is 1.91. The van der Waals surface area contributed by atoms with E-state index in [0.29, 0.717) is 29.2 Å². The zero-order chi connectivity index (χ0) is 18.6. The number of carboxylic acid groups (broad SMARTS) is 1. The summed E-state index contributed by atoms with van der Waals surface area (Å²) in [6, 6.07) is 5.19. The third-order valence-electron chi connectivity index (χ3n) is 5.58. The molecule has 2 aliphatic rings. The predicted molar refractivity (Wildman–Crippen MR) is 99.3 cm³/mol. The Bertz CT molecular complexity index is 950. The van der Waals surface area contributed by atoms with E-state index in [0.717, 1.165) is 25.2 Å². The number of hydrogen-bond donors (Lipinski definition) is 2. The Hall–Kier alpha value is -2.54. The van der Waals surface area contributed by atoms with Crippen molar-refractivity contribution in [3.8, 4) is 5.75 Å². The van der Waals surface area contributed by atoms with E-state index in [-0.39, 0.29) is 17.6 Å². The maximum absolute atomic E-state index is 12.7. The van der Waals surface area contributed by atoms with Crippen LogP contribution in [0.25, 0.3) is 10.9 Å². The summed E-state index contributed by atoms with van der Waals surface area (Å²) in [4.78, 5) is 26.4.